The Kier molecular flexibility index (Phi) is 6.80. The van der Waals surface area contributed by atoms with Crippen LogP contribution in [-0.2, 0) is 4.79 Å². The highest BCUT2D eigenvalue weighted by Crippen LogP contribution is 1.97. The maximum absolute atomic E-state index is 10.3. The molecule has 1 atom stereocenters. The lowest BCUT2D eigenvalue weighted by molar-refractivity contribution is -0.138. The molecule has 0 aliphatic carbocycles. The third-order valence-electron chi connectivity index (χ3n) is 1.69. The molecule has 0 amide bonds. The zero-order valence-corrected chi connectivity index (χ0v) is 7.55. The van der Waals surface area contributed by atoms with E-state index in [4.69, 9.17) is 10.8 Å². The van der Waals surface area contributed by atoms with E-state index in [1.165, 1.54) is 0 Å². The summed E-state index contributed by atoms with van der Waals surface area (Å²) in [7, 11) is 0.963. The Balaban J connectivity index is 3.14. The summed E-state index contributed by atoms with van der Waals surface area (Å²) in [6.45, 7) is 2.99. The van der Waals surface area contributed by atoms with Crippen molar-refractivity contribution in [3.05, 3.63) is 0 Å². The molecule has 0 spiro atoms. The molecule has 0 saturated carbocycles. The summed E-state index contributed by atoms with van der Waals surface area (Å²) >= 11 is 0. The van der Waals surface area contributed by atoms with Crippen molar-refractivity contribution in [1.82, 2.24) is 5.23 Å². The maximum atomic E-state index is 10.3. The van der Waals surface area contributed by atoms with Crippen LogP contribution < -0.4 is 11.0 Å². The number of carboxylic acids is 1. The van der Waals surface area contributed by atoms with Gasteiger partial charge in [-0.2, -0.15) is 0 Å². The Morgan fingerprint density at radius 2 is 2.33 bits per heavy atom. The van der Waals surface area contributed by atoms with Crippen LogP contribution in [0.2, 0.25) is 6.82 Å². The Hall–Kier alpha value is -0.545. The molecule has 0 aromatic rings. The second-order valence-electron chi connectivity index (χ2n) is 2.79. The summed E-state index contributed by atoms with van der Waals surface area (Å²) in [5.41, 5.74) is 5.31. The van der Waals surface area contributed by atoms with Crippen molar-refractivity contribution in [3.8, 4) is 0 Å². The van der Waals surface area contributed by atoms with Gasteiger partial charge >= 0.3 is 5.97 Å². The normalized spacial score (nSPS) is 12.5. The predicted octanol–water partition coefficient (Wildman–Crippen LogP) is -0.442. The number of hydrogen-bond acceptors (Lipinski definition) is 3. The van der Waals surface area contributed by atoms with Crippen LogP contribution in [-0.4, -0.2) is 31.1 Å². The second-order valence-corrected chi connectivity index (χ2v) is 2.79. The van der Waals surface area contributed by atoms with Gasteiger partial charge in [-0.05, 0) is 19.4 Å². The zero-order valence-electron chi connectivity index (χ0n) is 7.55. The van der Waals surface area contributed by atoms with Crippen molar-refractivity contribution in [3.63, 3.8) is 0 Å². The van der Waals surface area contributed by atoms with Gasteiger partial charge in [0.1, 0.15) is 6.04 Å². The van der Waals surface area contributed by atoms with Crippen LogP contribution in [0.4, 0.5) is 0 Å². The molecule has 0 aromatic heterocycles. The van der Waals surface area contributed by atoms with Gasteiger partial charge in [0.25, 0.3) is 0 Å². The van der Waals surface area contributed by atoms with Gasteiger partial charge in [-0.1, -0.05) is 13.2 Å². The lowest BCUT2D eigenvalue weighted by Gasteiger charge is -2.05. The number of hydrogen-bond donors (Lipinski definition) is 3. The fraction of sp³-hybridized carbons (Fsp3) is 0.857. The summed E-state index contributed by atoms with van der Waals surface area (Å²) in [5, 5.41) is 11.6. The molecule has 0 bridgehead atoms. The summed E-state index contributed by atoms with van der Waals surface area (Å²) in [6.07, 6.45) is 2.44. The number of carbonyl (C=O) groups is 1. The van der Waals surface area contributed by atoms with E-state index in [0.29, 0.717) is 6.42 Å². The number of nitrogens with one attached hydrogen (secondary N) is 1. The number of unbranched alkanes of at least 4 members (excludes halogenated alkanes) is 1. The van der Waals surface area contributed by atoms with Crippen molar-refractivity contribution >= 4 is 13.4 Å². The average molecular weight is 172 g/mol. The summed E-state index contributed by atoms with van der Waals surface area (Å²) in [4.78, 5) is 10.3. The van der Waals surface area contributed by atoms with Crippen molar-refractivity contribution in [2.24, 2.45) is 5.73 Å². The molecule has 4 nitrogen and oxygen atoms in total. The molecule has 4 N–H and O–H groups in total. The fourth-order valence-corrected chi connectivity index (χ4v) is 0.915. The Morgan fingerprint density at radius 1 is 1.67 bits per heavy atom. The topological polar surface area (TPSA) is 75.3 Å². The average Bonchev–Trinajstić information content (AvgIpc) is 2.03. The molecule has 70 valence electrons. The molecule has 0 heterocycles. The molecule has 0 aliphatic heterocycles. The number of carboxylic acid groups (broad SMARTS) is 1. The number of rotatable bonds is 7. The Bertz CT molecular complexity index is 133. The van der Waals surface area contributed by atoms with Crippen LogP contribution in [0.1, 0.15) is 19.3 Å². The van der Waals surface area contributed by atoms with Crippen molar-refractivity contribution in [2.45, 2.75) is 32.1 Å². The third-order valence-corrected chi connectivity index (χ3v) is 1.69. The summed E-state index contributed by atoms with van der Waals surface area (Å²) in [5.74, 6) is -0.904. The van der Waals surface area contributed by atoms with E-state index < -0.39 is 12.0 Å². The summed E-state index contributed by atoms with van der Waals surface area (Å²) in [6, 6.07) is -0.688. The van der Waals surface area contributed by atoms with Crippen LogP contribution >= 0.6 is 0 Å². The molecular weight excluding hydrogens is 155 g/mol. The molecule has 0 fully saturated rings. The Labute approximate surface area is 73.8 Å². The van der Waals surface area contributed by atoms with E-state index in [1.807, 2.05) is 6.82 Å². The van der Waals surface area contributed by atoms with Gasteiger partial charge in [0.15, 0.2) is 7.41 Å². The zero-order chi connectivity index (χ0) is 9.40. The highest BCUT2D eigenvalue weighted by atomic mass is 16.4. The molecule has 0 rings (SSSR count). The van der Waals surface area contributed by atoms with Crippen molar-refractivity contribution in [2.75, 3.05) is 6.54 Å². The third kappa shape index (κ3) is 6.18. The smallest absolute Gasteiger partial charge is 0.320 e. The standard InChI is InChI=1S/C7H17BN2O2/c1-8-10-5-3-2-4-6(9)7(11)12/h6,8,10H,2-5,9H2,1H3,(H,11,12)/t6-/m0/s1. The largest absolute Gasteiger partial charge is 0.480 e. The van der Waals surface area contributed by atoms with Crippen LogP contribution in [0.5, 0.6) is 0 Å². The minimum absolute atomic E-state index is 0.570. The Morgan fingerprint density at radius 3 is 2.83 bits per heavy atom. The van der Waals surface area contributed by atoms with Gasteiger partial charge in [0, 0.05) is 0 Å². The lowest BCUT2D eigenvalue weighted by atomic mass is 10.00. The van der Waals surface area contributed by atoms with Crippen LogP contribution in [0.3, 0.4) is 0 Å². The fourth-order valence-electron chi connectivity index (χ4n) is 0.915. The van der Waals surface area contributed by atoms with E-state index in [0.717, 1.165) is 26.8 Å². The van der Waals surface area contributed by atoms with Crippen LogP contribution in [0.15, 0.2) is 0 Å². The van der Waals surface area contributed by atoms with Crippen LogP contribution in [0, 0.1) is 0 Å². The van der Waals surface area contributed by atoms with E-state index in [-0.39, 0.29) is 0 Å². The first kappa shape index (κ1) is 11.5. The first-order chi connectivity index (χ1) is 5.68. The highest BCUT2D eigenvalue weighted by molar-refractivity contribution is 6.29. The number of aliphatic carboxylic acids is 1. The molecule has 5 heteroatoms. The molecule has 0 unspecified atom stereocenters. The van der Waals surface area contributed by atoms with Crippen molar-refractivity contribution in [1.29, 1.82) is 0 Å². The van der Waals surface area contributed by atoms with Crippen LogP contribution in [0.25, 0.3) is 0 Å². The molecular formula is C7H17BN2O2. The first-order valence-corrected chi connectivity index (χ1v) is 4.37. The minimum atomic E-state index is -0.904. The molecule has 0 saturated heterocycles. The van der Waals surface area contributed by atoms with E-state index in [2.05, 4.69) is 5.23 Å². The lowest BCUT2D eigenvalue weighted by Crippen LogP contribution is -2.30. The van der Waals surface area contributed by atoms with Gasteiger partial charge < -0.3 is 16.1 Å². The molecule has 0 aliphatic rings. The SMILES string of the molecule is CBNCCCC[C@H](N)C(=O)O. The second kappa shape index (κ2) is 7.12. The number of nitrogens with two attached hydrogens (primary N) is 1. The molecule has 0 radical (unpaired) electrons. The van der Waals surface area contributed by atoms with E-state index in [9.17, 15) is 4.79 Å². The molecule has 12 heavy (non-hydrogen) atoms. The van der Waals surface area contributed by atoms with Gasteiger partial charge in [0.2, 0.25) is 0 Å². The summed E-state index contributed by atoms with van der Waals surface area (Å²) < 4.78 is 0. The van der Waals surface area contributed by atoms with Gasteiger partial charge in [0.05, 0.1) is 0 Å². The highest BCUT2D eigenvalue weighted by Gasteiger charge is 2.09. The van der Waals surface area contributed by atoms with Crippen molar-refractivity contribution < 1.29 is 9.90 Å². The van der Waals surface area contributed by atoms with E-state index >= 15 is 0 Å². The maximum Gasteiger partial charge on any atom is 0.320 e. The monoisotopic (exact) mass is 172 g/mol. The first-order valence-electron chi connectivity index (χ1n) is 4.37. The van der Waals surface area contributed by atoms with E-state index in [1.54, 1.807) is 0 Å². The van der Waals surface area contributed by atoms with Gasteiger partial charge in [-0.3, -0.25) is 4.79 Å². The predicted molar refractivity (Wildman–Crippen MR) is 50.5 cm³/mol. The quantitative estimate of drug-likeness (QED) is 0.359. The molecule has 0 aromatic carbocycles. The minimum Gasteiger partial charge on any atom is -0.480 e. The van der Waals surface area contributed by atoms with Gasteiger partial charge in [-0.25, -0.2) is 0 Å². The van der Waals surface area contributed by atoms with Gasteiger partial charge in [-0.15, -0.1) is 0 Å².